The van der Waals surface area contributed by atoms with Gasteiger partial charge in [0.1, 0.15) is 6.33 Å². The molecular weight excluding hydrogens is 214 g/mol. The van der Waals surface area contributed by atoms with Crippen molar-refractivity contribution in [2.75, 3.05) is 0 Å². The van der Waals surface area contributed by atoms with E-state index in [1.165, 1.54) is 0 Å². The third-order valence-electron chi connectivity index (χ3n) is 2.36. The van der Waals surface area contributed by atoms with Crippen LogP contribution in [-0.4, -0.2) is 14.8 Å². The van der Waals surface area contributed by atoms with Gasteiger partial charge in [-0.05, 0) is 24.6 Å². The second-order valence-electron chi connectivity index (χ2n) is 3.90. The lowest BCUT2D eigenvalue weighted by molar-refractivity contribution is 0.649. The minimum atomic E-state index is -0.165. The number of nitrogens with zero attached hydrogens (tertiary/aromatic N) is 4. The second kappa shape index (κ2) is 4.76. The van der Waals surface area contributed by atoms with Crippen LogP contribution in [-0.2, 0) is 6.54 Å². The SMILES string of the molecule is CC(N)c1ncn(Cc2cccc(C#N)c2)n1. The number of rotatable bonds is 3. The molecule has 0 aliphatic rings. The van der Waals surface area contributed by atoms with E-state index in [1.807, 2.05) is 25.1 Å². The van der Waals surface area contributed by atoms with Gasteiger partial charge in [-0.1, -0.05) is 12.1 Å². The Morgan fingerprint density at radius 2 is 2.35 bits per heavy atom. The number of benzene rings is 1. The number of aromatic nitrogens is 3. The van der Waals surface area contributed by atoms with E-state index in [2.05, 4.69) is 16.2 Å². The number of nitriles is 1. The lowest BCUT2D eigenvalue weighted by Gasteiger charge is -2.01. The van der Waals surface area contributed by atoms with Crippen LogP contribution in [0, 0.1) is 11.3 Å². The first-order valence-electron chi connectivity index (χ1n) is 5.33. The quantitative estimate of drug-likeness (QED) is 0.854. The molecule has 2 N–H and O–H groups in total. The first kappa shape index (κ1) is 11.3. The molecule has 1 unspecified atom stereocenters. The standard InChI is InChI=1S/C12H13N5/c1-9(14)12-15-8-17(16-12)7-11-4-2-3-10(5-11)6-13/h2-5,8-9H,7,14H2,1H3. The van der Waals surface area contributed by atoms with E-state index >= 15 is 0 Å². The van der Waals surface area contributed by atoms with Gasteiger partial charge in [0.15, 0.2) is 5.82 Å². The molecule has 5 nitrogen and oxygen atoms in total. The Labute approximate surface area is 99.5 Å². The van der Waals surface area contributed by atoms with Gasteiger partial charge in [0.05, 0.1) is 24.2 Å². The third-order valence-corrected chi connectivity index (χ3v) is 2.36. The lowest BCUT2D eigenvalue weighted by atomic mass is 10.1. The van der Waals surface area contributed by atoms with Crippen LogP contribution in [0.15, 0.2) is 30.6 Å². The van der Waals surface area contributed by atoms with Crippen LogP contribution in [0.1, 0.15) is 29.9 Å². The predicted molar refractivity (Wildman–Crippen MR) is 62.9 cm³/mol. The van der Waals surface area contributed by atoms with Crippen LogP contribution in [0.25, 0.3) is 0 Å². The zero-order valence-corrected chi connectivity index (χ0v) is 9.54. The van der Waals surface area contributed by atoms with E-state index in [4.69, 9.17) is 11.0 Å². The maximum Gasteiger partial charge on any atom is 0.166 e. The molecule has 0 amide bonds. The highest BCUT2D eigenvalue weighted by Crippen LogP contribution is 2.07. The Hall–Kier alpha value is -2.19. The topological polar surface area (TPSA) is 80.5 Å². The number of hydrogen-bond acceptors (Lipinski definition) is 4. The zero-order chi connectivity index (χ0) is 12.3. The molecule has 1 aromatic carbocycles. The van der Waals surface area contributed by atoms with Gasteiger partial charge in [-0.25, -0.2) is 9.67 Å². The summed E-state index contributed by atoms with van der Waals surface area (Å²) in [6.07, 6.45) is 1.65. The van der Waals surface area contributed by atoms with Crippen molar-refractivity contribution in [3.63, 3.8) is 0 Å². The molecule has 0 radical (unpaired) electrons. The Morgan fingerprint density at radius 1 is 1.53 bits per heavy atom. The summed E-state index contributed by atoms with van der Waals surface area (Å²) < 4.78 is 1.72. The van der Waals surface area contributed by atoms with Crippen molar-refractivity contribution in [3.8, 4) is 6.07 Å². The molecule has 86 valence electrons. The Morgan fingerprint density at radius 3 is 3.00 bits per heavy atom. The van der Waals surface area contributed by atoms with Crippen LogP contribution < -0.4 is 5.73 Å². The fourth-order valence-corrected chi connectivity index (χ4v) is 1.52. The van der Waals surface area contributed by atoms with Crippen molar-refractivity contribution in [2.24, 2.45) is 5.73 Å². The second-order valence-corrected chi connectivity index (χ2v) is 3.90. The van der Waals surface area contributed by atoms with Crippen molar-refractivity contribution in [1.82, 2.24) is 14.8 Å². The molecule has 5 heteroatoms. The summed E-state index contributed by atoms with van der Waals surface area (Å²) >= 11 is 0. The monoisotopic (exact) mass is 227 g/mol. The molecular formula is C12H13N5. The van der Waals surface area contributed by atoms with Crippen molar-refractivity contribution in [2.45, 2.75) is 19.5 Å². The molecule has 0 saturated heterocycles. The highest BCUT2D eigenvalue weighted by Gasteiger charge is 2.05. The molecule has 0 spiro atoms. The molecule has 1 aromatic heterocycles. The molecule has 1 heterocycles. The fraction of sp³-hybridized carbons (Fsp3) is 0.250. The highest BCUT2D eigenvalue weighted by atomic mass is 15.3. The van der Waals surface area contributed by atoms with Crippen LogP contribution in [0.3, 0.4) is 0 Å². The first-order chi connectivity index (χ1) is 8.19. The summed E-state index contributed by atoms with van der Waals surface area (Å²) in [6, 6.07) is 9.37. The summed E-state index contributed by atoms with van der Waals surface area (Å²) in [6.45, 7) is 2.44. The zero-order valence-electron chi connectivity index (χ0n) is 9.54. The van der Waals surface area contributed by atoms with E-state index in [1.54, 1.807) is 17.1 Å². The van der Waals surface area contributed by atoms with Gasteiger partial charge < -0.3 is 5.73 Å². The van der Waals surface area contributed by atoms with Crippen molar-refractivity contribution < 1.29 is 0 Å². The van der Waals surface area contributed by atoms with Crippen molar-refractivity contribution >= 4 is 0 Å². The van der Waals surface area contributed by atoms with Crippen molar-refractivity contribution in [3.05, 3.63) is 47.5 Å². The molecule has 2 aromatic rings. The largest absolute Gasteiger partial charge is 0.321 e. The van der Waals surface area contributed by atoms with Crippen LogP contribution in [0.4, 0.5) is 0 Å². The Kier molecular flexibility index (Phi) is 3.17. The Bertz CT molecular complexity index is 550. The number of nitrogens with two attached hydrogens (primary N) is 1. The third kappa shape index (κ3) is 2.68. The summed E-state index contributed by atoms with van der Waals surface area (Å²) in [4.78, 5) is 4.12. The molecule has 17 heavy (non-hydrogen) atoms. The van der Waals surface area contributed by atoms with E-state index in [9.17, 15) is 0 Å². The predicted octanol–water partition coefficient (Wildman–Crippen LogP) is 1.22. The van der Waals surface area contributed by atoms with Gasteiger partial charge >= 0.3 is 0 Å². The molecule has 0 aliphatic carbocycles. The van der Waals surface area contributed by atoms with Gasteiger partial charge in [-0.3, -0.25) is 0 Å². The first-order valence-corrected chi connectivity index (χ1v) is 5.33. The minimum absolute atomic E-state index is 0.165. The Balaban J connectivity index is 2.17. The average Bonchev–Trinajstić information content (AvgIpc) is 2.78. The lowest BCUT2D eigenvalue weighted by Crippen LogP contribution is -2.08. The molecule has 0 saturated carbocycles. The van der Waals surface area contributed by atoms with Crippen molar-refractivity contribution in [1.29, 1.82) is 5.26 Å². The van der Waals surface area contributed by atoms with Gasteiger partial charge in [0.2, 0.25) is 0 Å². The smallest absolute Gasteiger partial charge is 0.166 e. The van der Waals surface area contributed by atoms with E-state index in [0.29, 0.717) is 17.9 Å². The van der Waals surface area contributed by atoms with Crippen LogP contribution >= 0.6 is 0 Å². The fourth-order valence-electron chi connectivity index (χ4n) is 1.52. The number of hydrogen-bond donors (Lipinski definition) is 1. The van der Waals surface area contributed by atoms with E-state index in [-0.39, 0.29) is 6.04 Å². The van der Waals surface area contributed by atoms with Gasteiger partial charge in [0, 0.05) is 0 Å². The summed E-state index contributed by atoms with van der Waals surface area (Å²) in [5.41, 5.74) is 7.35. The normalized spacial score (nSPS) is 12.1. The van der Waals surface area contributed by atoms with Gasteiger partial charge in [0.25, 0.3) is 0 Å². The molecule has 0 fully saturated rings. The average molecular weight is 227 g/mol. The van der Waals surface area contributed by atoms with Crippen LogP contribution in [0.5, 0.6) is 0 Å². The molecule has 2 rings (SSSR count). The molecule has 1 atom stereocenters. The summed E-state index contributed by atoms with van der Waals surface area (Å²) in [7, 11) is 0. The maximum atomic E-state index is 8.80. The molecule has 0 aliphatic heterocycles. The summed E-state index contributed by atoms with van der Waals surface area (Å²) in [5.74, 6) is 0.626. The minimum Gasteiger partial charge on any atom is -0.321 e. The highest BCUT2D eigenvalue weighted by molar-refractivity contribution is 5.32. The maximum absolute atomic E-state index is 8.80. The summed E-state index contributed by atoms with van der Waals surface area (Å²) in [5, 5.41) is 13.1. The van der Waals surface area contributed by atoms with Crippen LogP contribution in [0.2, 0.25) is 0 Å². The van der Waals surface area contributed by atoms with E-state index < -0.39 is 0 Å². The molecule has 0 bridgehead atoms. The van der Waals surface area contributed by atoms with Gasteiger partial charge in [-0.15, -0.1) is 0 Å². The van der Waals surface area contributed by atoms with E-state index in [0.717, 1.165) is 5.56 Å². The van der Waals surface area contributed by atoms with Gasteiger partial charge in [-0.2, -0.15) is 10.4 Å².